The molecular formula is C12H19FN4. The van der Waals surface area contributed by atoms with Gasteiger partial charge in [0.25, 0.3) is 0 Å². The Hall–Kier alpha value is -1.17. The fourth-order valence-electron chi connectivity index (χ4n) is 2.05. The highest BCUT2D eigenvalue weighted by Gasteiger charge is 2.15. The van der Waals surface area contributed by atoms with E-state index in [0.29, 0.717) is 12.2 Å². The van der Waals surface area contributed by atoms with Gasteiger partial charge in [0.15, 0.2) is 0 Å². The molecule has 0 bridgehead atoms. The van der Waals surface area contributed by atoms with Gasteiger partial charge in [0.2, 0.25) is 0 Å². The number of halogens is 1. The van der Waals surface area contributed by atoms with Gasteiger partial charge in [-0.2, -0.15) is 0 Å². The minimum Gasteiger partial charge on any atom is -0.367 e. The molecule has 1 aliphatic rings. The molecule has 1 aromatic rings. The quantitative estimate of drug-likeness (QED) is 0.703. The van der Waals surface area contributed by atoms with Gasteiger partial charge in [-0.1, -0.05) is 6.07 Å². The van der Waals surface area contributed by atoms with E-state index in [9.17, 15) is 4.39 Å². The third-order valence-corrected chi connectivity index (χ3v) is 3.11. The van der Waals surface area contributed by atoms with Crippen molar-refractivity contribution in [3.8, 4) is 0 Å². The summed E-state index contributed by atoms with van der Waals surface area (Å²) in [5, 5.41) is 3.24. The van der Waals surface area contributed by atoms with Crippen LogP contribution in [-0.2, 0) is 0 Å². The summed E-state index contributed by atoms with van der Waals surface area (Å²) in [5.41, 5.74) is 12.7. The van der Waals surface area contributed by atoms with Gasteiger partial charge < -0.3 is 21.7 Å². The second-order valence-electron chi connectivity index (χ2n) is 4.29. The number of hydrogen-bond donors (Lipinski definition) is 3. The van der Waals surface area contributed by atoms with Crippen LogP contribution in [0.25, 0.3) is 0 Å². The summed E-state index contributed by atoms with van der Waals surface area (Å²) in [5.74, 6) is -0.215. The highest BCUT2D eigenvalue weighted by atomic mass is 19.1. The molecule has 17 heavy (non-hydrogen) atoms. The maximum atomic E-state index is 14.0. The first-order valence-corrected chi connectivity index (χ1v) is 5.93. The van der Waals surface area contributed by atoms with Crippen LogP contribution in [0.2, 0.25) is 0 Å². The highest BCUT2D eigenvalue weighted by Crippen LogP contribution is 2.22. The van der Waals surface area contributed by atoms with Crippen LogP contribution >= 0.6 is 0 Å². The third kappa shape index (κ3) is 2.74. The zero-order valence-electron chi connectivity index (χ0n) is 9.82. The van der Waals surface area contributed by atoms with Crippen LogP contribution in [0.3, 0.4) is 0 Å². The molecule has 5 N–H and O–H groups in total. The first-order chi connectivity index (χ1) is 8.22. The molecule has 1 atom stereocenters. The number of benzene rings is 1. The van der Waals surface area contributed by atoms with E-state index in [4.69, 9.17) is 11.5 Å². The Morgan fingerprint density at radius 1 is 1.35 bits per heavy atom. The molecule has 0 aromatic heterocycles. The summed E-state index contributed by atoms with van der Waals surface area (Å²) in [7, 11) is 0. The first kappa shape index (κ1) is 12.3. The van der Waals surface area contributed by atoms with Gasteiger partial charge in [0.05, 0.1) is 5.69 Å². The maximum absolute atomic E-state index is 14.0. The monoisotopic (exact) mass is 238 g/mol. The van der Waals surface area contributed by atoms with Crippen LogP contribution < -0.4 is 21.7 Å². The summed E-state index contributed by atoms with van der Waals surface area (Å²) in [6.07, 6.45) is 0. The lowest BCUT2D eigenvalue weighted by molar-refractivity contribution is 0.564. The van der Waals surface area contributed by atoms with Crippen LogP contribution in [0, 0.1) is 5.82 Å². The lowest BCUT2D eigenvalue weighted by Gasteiger charge is -2.30. The van der Waals surface area contributed by atoms with E-state index in [1.165, 1.54) is 6.07 Å². The molecule has 0 aliphatic carbocycles. The van der Waals surface area contributed by atoms with Crippen molar-refractivity contribution < 1.29 is 4.39 Å². The molecule has 1 aromatic carbocycles. The van der Waals surface area contributed by atoms with Gasteiger partial charge in [-0.15, -0.1) is 0 Å². The second kappa shape index (κ2) is 5.44. The molecule has 0 saturated carbocycles. The Morgan fingerprint density at radius 2 is 2.06 bits per heavy atom. The number of nitrogens with zero attached hydrogens (tertiary/aromatic N) is 1. The lowest BCUT2D eigenvalue weighted by Crippen LogP contribution is -2.43. The zero-order chi connectivity index (χ0) is 12.3. The Morgan fingerprint density at radius 3 is 2.65 bits per heavy atom. The standard InChI is InChI=1S/C12H19FN4/c13-10-7-9(11(15)8-14)1-2-12(10)17-5-3-16-4-6-17/h1-2,7,11,16H,3-6,8,14-15H2/t11-/m0/s1. The molecule has 1 heterocycles. The molecule has 0 unspecified atom stereocenters. The Bertz CT molecular complexity index is 377. The molecule has 4 nitrogen and oxygen atoms in total. The fourth-order valence-corrected chi connectivity index (χ4v) is 2.05. The molecule has 0 spiro atoms. The SMILES string of the molecule is NC[C@H](N)c1ccc(N2CCNCC2)c(F)c1. The van der Waals surface area contributed by atoms with E-state index < -0.39 is 0 Å². The summed E-state index contributed by atoms with van der Waals surface area (Å²) >= 11 is 0. The number of anilines is 1. The average Bonchev–Trinajstić information content (AvgIpc) is 2.38. The molecule has 0 amide bonds. The lowest BCUT2D eigenvalue weighted by atomic mass is 10.1. The minimum atomic E-state index is -0.290. The van der Waals surface area contributed by atoms with Gasteiger partial charge in [-0.25, -0.2) is 4.39 Å². The zero-order valence-corrected chi connectivity index (χ0v) is 9.82. The smallest absolute Gasteiger partial charge is 0.146 e. The van der Waals surface area contributed by atoms with Crippen molar-refractivity contribution in [2.45, 2.75) is 6.04 Å². The van der Waals surface area contributed by atoms with Gasteiger partial charge in [0, 0.05) is 38.8 Å². The molecule has 1 saturated heterocycles. The topological polar surface area (TPSA) is 67.3 Å². The van der Waals surface area contributed by atoms with Gasteiger partial charge in [-0.3, -0.25) is 0 Å². The molecule has 94 valence electrons. The normalized spacial score (nSPS) is 18.2. The van der Waals surface area contributed by atoms with E-state index in [0.717, 1.165) is 31.7 Å². The Balaban J connectivity index is 2.18. The first-order valence-electron chi connectivity index (χ1n) is 5.93. The van der Waals surface area contributed by atoms with Crippen LogP contribution in [-0.4, -0.2) is 32.7 Å². The Kier molecular flexibility index (Phi) is 3.93. The Labute approximate surface area is 101 Å². The molecule has 1 aliphatic heterocycles. The molecular weight excluding hydrogens is 219 g/mol. The molecule has 5 heteroatoms. The van der Waals surface area contributed by atoms with Crippen LogP contribution in [0.5, 0.6) is 0 Å². The number of nitrogens with two attached hydrogens (primary N) is 2. The predicted molar refractivity (Wildman–Crippen MR) is 67.5 cm³/mol. The minimum absolute atomic E-state index is 0.215. The van der Waals surface area contributed by atoms with Crippen molar-refractivity contribution in [1.29, 1.82) is 0 Å². The third-order valence-electron chi connectivity index (χ3n) is 3.11. The molecule has 0 radical (unpaired) electrons. The van der Waals surface area contributed by atoms with Crippen LogP contribution in [0.4, 0.5) is 10.1 Å². The van der Waals surface area contributed by atoms with Crippen molar-refractivity contribution in [1.82, 2.24) is 5.32 Å². The summed E-state index contributed by atoms with van der Waals surface area (Å²) in [6, 6.07) is 4.86. The highest BCUT2D eigenvalue weighted by molar-refractivity contribution is 5.50. The van der Waals surface area contributed by atoms with E-state index in [2.05, 4.69) is 5.32 Å². The van der Waals surface area contributed by atoms with E-state index in [1.54, 1.807) is 6.07 Å². The number of nitrogens with one attached hydrogen (secondary N) is 1. The summed E-state index contributed by atoms with van der Waals surface area (Å²) < 4.78 is 14.0. The van der Waals surface area contributed by atoms with E-state index in [-0.39, 0.29) is 11.9 Å². The second-order valence-corrected chi connectivity index (χ2v) is 4.29. The number of hydrogen-bond acceptors (Lipinski definition) is 4. The van der Waals surface area contributed by atoms with Crippen molar-refractivity contribution in [2.24, 2.45) is 11.5 Å². The van der Waals surface area contributed by atoms with E-state index >= 15 is 0 Å². The van der Waals surface area contributed by atoms with Crippen molar-refractivity contribution in [3.05, 3.63) is 29.6 Å². The largest absolute Gasteiger partial charge is 0.367 e. The van der Waals surface area contributed by atoms with Crippen molar-refractivity contribution in [3.63, 3.8) is 0 Å². The van der Waals surface area contributed by atoms with Crippen LogP contribution in [0.15, 0.2) is 18.2 Å². The number of rotatable bonds is 3. The summed E-state index contributed by atoms with van der Waals surface area (Å²) in [4.78, 5) is 2.05. The summed E-state index contributed by atoms with van der Waals surface area (Å²) in [6.45, 7) is 3.78. The van der Waals surface area contributed by atoms with Crippen molar-refractivity contribution >= 4 is 5.69 Å². The van der Waals surface area contributed by atoms with E-state index in [1.807, 2.05) is 11.0 Å². The average molecular weight is 238 g/mol. The van der Waals surface area contributed by atoms with Crippen molar-refractivity contribution in [2.75, 3.05) is 37.6 Å². The molecule has 1 fully saturated rings. The maximum Gasteiger partial charge on any atom is 0.146 e. The fraction of sp³-hybridized carbons (Fsp3) is 0.500. The van der Waals surface area contributed by atoms with Crippen LogP contribution in [0.1, 0.15) is 11.6 Å². The van der Waals surface area contributed by atoms with Gasteiger partial charge in [-0.05, 0) is 17.7 Å². The van der Waals surface area contributed by atoms with Gasteiger partial charge >= 0.3 is 0 Å². The predicted octanol–water partition coefficient (Wildman–Crippen LogP) is 0.194. The van der Waals surface area contributed by atoms with Gasteiger partial charge in [0.1, 0.15) is 5.82 Å². The number of piperazine rings is 1. The molecule has 2 rings (SSSR count).